The van der Waals surface area contributed by atoms with Gasteiger partial charge in [-0.1, -0.05) is 0 Å². The molecule has 0 radical (unpaired) electrons. The maximum absolute atomic E-state index is 5.30. The molecular weight excluding hydrogens is 314 g/mol. The second-order valence-corrected chi connectivity index (χ2v) is 5.31. The lowest BCUT2D eigenvalue weighted by Gasteiger charge is -2.36. The van der Waals surface area contributed by atoms with E-state index < -0.39 is 0 Å². The van der Waals surface area contributed by atoms with E-state index in [9.17, 15) is 0 Å². The minimum atomic E-state index is 0.784. The minimum Gasteiger partial charge on any atom is -0.363 e. The Kier molecular flexibility index (Phi) is 4.71. The monoisotopic (exact) mass is 329 g/mol. The summed E-state index contributed by atoms with van der Waals surface area (Å²) in [6, 6.07) is 0. The molecule has 0 spiro atoms. The van der Waals surface area contributed by atoms with Gasteiger partial charge in [-0.05, 0) is 35.1 Å². The summed E-state index contributed by atoms with van der Waals surface area (Å²) < 4.78 is 0.901. The molecule has 1 saturated heterocycles. The van der Waals surface area contributed by atoms with Crippen LogP contribution >= 0.6 is 28.1 Å². The number of rotatable bonds is 2. The number of halogens is 1. The van der Waals surface area contributed by atoms with Crippen molar-refractivity contribution in [3.63, 3.8) is 0 Å². The van der Waals surface area contributed by atoms with E-state index >= 15 is 0 Å². The molecule has 0 aliphatic carbocycles. The van der Waals surface area contributed by atoms with E-state index in [-0.39, 0.29) is 0 Å². The van der Waals surface area contributed by atoms with Crippen molar-refractivity contribution in [1.82, 2.24) is 20.2 Å². The molecule has 0 amide bonds. The van der Waals surface area contributed by atoms with E-state index in [4.69, 9.17) is 12.2 Å². The molecule has 18 heavy (non-hydrogen) atoms. The summed E-state index contributed by atoms with van der Waals surface area (Å²) >= 11 is 8.64. The molecule has 0 aromatic carbocycles. The van der Waals surface area contributed by atoms with Crippen LogP contribution < -0.4 is 10.2 Å². The van der Waals surface area contributed by atoms with Gasteiger partial charge in [0.15, 0.2) is 5.11 Å². The van der Waals surface area contributed by atoms with E-state index in [0.717, 1.165) is 48.3 Å². The van der Waals surface area contributed by atoms with Crippen LogP contribution in [-0.2, 0) is 0 Å². The van der Waals surface area contributed by atoms with Crippen LogP contribution in [0.5, 0.6) is 0 Å². The van der Waals surface area contributed by atoms with Gasteiger partial charge >= 0.3 is 0 Å². The number of aromatic nitrogens is 2. The molecule has 98 valence electrons. The van der Waals surface area contributed by atoms with Crippen LogP contribution in [0.15, 0.2) is 16.9 Å². The molecular formula is C11H16BrN5S. The van der Waals surface area contributed by atoms with Gasteiger partial charge in [0.1, 0.15) is 0 Å². The molecule has 1 aliphatic rings. The number of nitrogens with one attached hydrogen (secondary N) is 1. The van der Waals surface area contributed by atoms with Crippen molar-refractivity contribution in [1.29, 1.82) is 0 Å². The number of nitrogens with zero attached hydrogens (tertiary/aromatic N) is 4. The third kappa shape index (κ3) is 3.29. The number of anilines is 1. The summed E-state index contributed by atoms with van der Waals surface area (Å²) in [6.07, 6.45) is 3.55. The summed E-state index contributed by atoms with van der Waals surface area (Å²) in [6.45, 7) is 6.53. The molecule has 2 rings (SSSR count). The zero-order chi connectivity index (χ0) is 13.0. The Morgan fingerprint density at radius 3 is 2.50 bits per heavy atom. The van der Waals surface area contributed by atoms with Gasteiger partial charge in [0.25, 0.3) is 0 Å². The van der Waals surface area contributed by atoms with Crippen molar-refractivity contribution in [2.45, 2.75) is 6.92 Å². The van der Waals surface area contributed by atoms with Crippen LogP contribution in [0, 0.1) is 0 Å². The first-order chi connectivity index (χ1) is 8.70. The maximum atomic E-state index is 5.30. The molecule has 1 N–H and O–H groups in total. The summed E-state index contributed by atoms with van der Waals surface area (Å²) in [7, 11) is 0. The Labute approximate surface area is 121 Å². The average Bonchev–Trinajstić information content (AvgIpc) is 2.40. The van der Waals surface area contributed by atoms with E-state index in [1.807, 2.05) is 0 Å². The van der Waals surface area contributed by atoms with Crippen LogP contribution in [0.25, 0.3) is 0 Å². The smallest absolute Gasteiger partial charge is 0.225 e. The van der Waals surface area contributed by atoms with Gasteiger partial charge in [-0.25, -0.2) is 9.97 Å². The van der Waals surface area contributed by atoms with Crippen molar-refractivity contribution >= 4 is 39.2 Å². The number of piperazine rings is 1. The third-order valence-electron chi connectivity index (χ3n) is 2.78. The molecule has 1 aromatic heterocycles. The van der Waals surface area contributed by atoms with Crippen LogP contribution in [0.4, 0.5) is 5.95 Å². The van der Waals surface area contributed by atoms with Crippen molar-refractivity contribution in [2.75, 3.05) is 37.6 Å². The maximum Gasteiger partial charge on any atom is 0.225 e. The molecule has 0 atom stereocenters. The first-order valence-corrected chi connectivity index (χ1v) is 7.16. The quantitative estimate of drug-likeness (QED) is 0.824. The Hall–Kier alpha value is -0.950. The lowest BCUT2D eigenvalue weighted by molar-refractivity contribution is 0.378. The first-order valence-electron chi connectivity index (χ1n) is 5.96. The minimum absolute atomic E-state index is 0.784. The molecule has 0 saturated carbocycles. The third-order valence-corrected chi connectivity index (χ3v) is 3.60. The second-order valence-electron chi connectivity index (χ2n) is 4.01. The van der Waals surface area contributed by atoms with Crippen LogP contribution in [-0.4, -0.2) is 52.7 Å². The van der Waals surface area contributed by atoms with E-state index in [1.54, 1.807) is 12.4 Å². The zero-order valence-corrected chi connectivity index (χ0v) is 12.7. The van der Waals surface area contributed by atoms with Crippen LogP contribution in [0.2, 0.25) is 0 Å². The van der Waals surface area contributed by atoms with Crippen LogP contribution in [0.3, 0.4) is 0 Å². The standard InChI is InChI=1S/C11H16BrN5S/c1-2-13-11(18)17-5-3-16(4-6-17)10-14-7-9(12)8-15-10/h7-8H,2-6H2,1H3,(H,13,18). The summed E-state index contributed by atoms with van der Waals surface area (Å²) in [5, 5.41) is 4.02. The van der Waals surface area contributed by atoms with Gasteiger partial charge in [-0.3, -0.25) is 0 Å². The van der Waals surface area contributed by atoms with Crippen molar-refractivity contribution < 1.29 is 0 Å². The number of hydrogen-bond acceptors (Lipinski definition) is 4. The zero-order valence-electron chi connectivity index (χ0n) is 10.3. The fraction of sp³-hybridized carbons (Fsp3) is 0.545. The summed E-state index contributed by atoms with van der Waals surface area (Å²) in [5.74, 6) is 0.784. The lowest BCUT2D eigenvalue weighted by atomic mass is 10.3. The molecule has 0 unspecified atom stereocenters. The molecule has 1 aliphatic heterocycles. The fourth-order valence-electron chi connectivity index (χ4n) is 1.84. The largest absolute Gasteiger partial charge is 0.363 e. The van der Waals surface area contributed by atoms with Crippen molar-refractivity contribution in [3.05, 3.63) is 16.9 Å². The van der Waals surface area contributed by atoms with E-state index in [2.05, 4.69) is 47.9 Å². The highest BCUT2D eigenvalue weighted by Crippen LogP contribution is 2.13. The van der Waals surface area contributed by atoms with Crippen molar-refractivity contribution in [3.8, 4) is 0 Å². The molecule has 7 heteroatoms. The molecule has 1 fully saturated rings. The predicted octanol–water partition coefficient (Wildman–Crippen LogP) is 1.26. The molecule has 5 nitrogen and oxygen atoms in total. The van der Waals surface area contributed by atoms with Crippen molar-refractivity contribution in [2.24, 2.45) is 0 Å². The normalized spacial score (nSPS) is 15.7. The topological polar surface area (TPSA) is 44.3 Å². The Morgan fingerprint density at radius 2 is 1.94 bits per heavy atom. The van der Waals surface area contributed by atoms with Crippen LogP contribution in [0.1, 0.15) is 6.92 Å². The molecule has 0 bridgehead atoms. The highest BCUT2D eigenvalue weighted by molar-refractivity contribution is 9.10. The van der Waals surface area contributed by atoms with Gasteiger partial charge in [-0.15, -0.1) is 0 Å². The van der Waals surface area contributed by atoms with E-state index in [0.29, 0.717) is 0 Å². The van der Waals surface area contributed by atoms with Gasteiger partial charge in [0.2, 0.25) is 5.95 Å². The first kappa shape index (κ1) is 13.5. The number of thiocarbonyl (C=S) groups is 1. The average molecular weight is 330 g/mol. The fourth-order valence-corrected chi connectivity index (χ4v) is 2.37. The Bertz CT molecular complexity index is 402. The summed E-state index contributed by atoms with van der Waals surface area (Å²) in [5.41, 5.74) is 0. The second kappa shape index (κ2) is 6.29. The SMILES string of the molecule is CCNC(=S)N1CCN(c2ncc(Br)cn2)CC1. The highest BCUT2D eigenvalue weighted by atomic mass is 79.9. The van der Waals surface area contributed by atoms with Gasteiger partial charge in [0, 0.05) is 45.1 Å². The van der Waals surface area contributed by atoms with Gasteiger partial charge in [-0.2, -0.15) is 0 Å². The predicted molar refractivity (Wildman–Crippen MR) is 79.8 cm³/mol. The van der Waals surface area contributed by atoms with Gasteiger partial charge in [0.05, 0.1) is 4.47 Å². The Morgan fingerprint density at radius 1 is 1.33 bits per heavy atom. The number of hydrogen-bond donors (Lipinski definition) is 1. The lowest BCUT2D eigenvalue weighted by Crippen LogP contribution is -2.52. The van der Waals surface area contributed by atoms with E-state index in [1.165, 1.54) is 0 Å². The molecule has 1 aromatic rings. The molecule has 2 heterocycles. The highest BCUT2D eigenvalue weighted by Gasteiger charge is 2.20. The van der Waals surface area contributed by atoms with Gasteiger partial charge < -0.3 is 15.1 Å². The Balaban J connectivity index is 1.90. The summed E-state index contributed by atoms with van der Waals surface area (Å²) in [4.78, 5) is 13.0.